The summed E-state index contributed by atoms with van der Waals surface area (Å²) in [6, 6.07) is 2.98. The third-order valence-corrected chi connectivity index (χ3v) is 6.93. The van der Waals surface area contributed by atoms with Gasteiger partial charge in [0.25, 0.3) is 0 Å². The zero-order chi connectivity index (χ0) is 27.3. The average molecular weight is 556 g/mol. The minimum absolute atomic E-state index is 0.120. The smallest absolute Gasteiger partial charge is 0.481 e. The number of hydrogen-bond acceptors (Lipinski definition) is 7. The number of aryl methyl sites for hydroxylation is 1. The van der Waals surface area contributed by atoms with Crippen LogP contribution in [0.1, 0.15) is 37.8 Å². The van der Waals surface area contributed by atoms with Crippen LogP contribution in [0.15, 0.2) is 50.7 Å². The molecule has 0 radical (unpaired) electrons. The number of benzene rings is 1. The first kappa shape index (κ1) is 30.0. The summed E-state index contributed by atoms with van der Waals surface area (Å²) in [6.07, 6.45) is -0.337. The van der Waals surface area contributed by atoms with Crippen molar-refractivity contribution in [3.05, 3.63) is 63.0 Å². The first-order valence-corrected chi connectivity index (χ1v) is 13.3. The van der Waals surface area contributed by atoms with Crippen LogP contribution in [0, 0.1) is 6.92 Å². The summed E-state index contributed by atoms with van der Waals surface area (Å²) in [5.41, 5.74) is -0.571. The summed E-state index contributed by atoms with van der Waals surface area (Å²) in [5.74, 6) is 0.261. The van der Waals surface area contributed by atoms with E-state index in [4.69, 9.17) is 18.9 Å². The van der Waals surface area contributed by atoms with Crippen LogP contribution in [0.25, 0.3) is 11.0 Å². The second-order valence-corrected chi connectivity index (χ2v) is 10.6. The molecule has 1 heterocycles. The van der Waals surface area contributed by atoms with Crippen LogP contribution in [0.4, 0.5) is 13.2 Å². The van der Waals surface area contributed by atoms with Crippen molar-refractivity contribution in [2.24, 2.45) is 0 Å². The number of allylic oxidation sites excluding steroid dienone is 2. The Morgan fingerprint density at radius 2 is 1.78 bits per heavy atom. The molecule has 2 rings (SSSR count). The number of phosphoric acid groups is 2. The van der Waals surface area contributed by atoms with Crippen molar-refractivity contribution in [1.29, 1.82) is 0 Å². The summed E-state index contributed by atoms with van der Waals surface area (Å²) in [6.45, 7) is 4.71. The van der Waals surface area contributed by atoms with Gasteiger partial charge in [0.2, 0.25) is 0 Å². The summed E-state index contributed by atoms with van der Waals surface area (Å²) < 4.78 is 80.5. The molecular formula is C21H25F3O10P2. The second kappa shape index (κ2) is 11.9. The van der Waals surface area contributed by atoms with Crippen molar-refractivity contribution in [3.63, 3.8) is 0 Å². The topological polar surface area (TPSA) is 153 Å². The number of halogens is 3. The molecule has 0 fully saturated rings. The van der Waals surface area contributed by atoms with Crippen molar-refractivity contribution < 1.29 is 55.0 Å². The van der Waals surface area contributed by atoms with Crippen LogP contribution in [-0.2, 0) is 24.1 Å². The molecule has 1 atom stereocenters. The number of fused-ring (bicyclic) bond motifs is 1. The number of rotatable bonds is 11. The first-order valence-electron chi connectivity index (χ1n) is 10.3. The predicted molar refractivity (Wildman–Crippen MR) is 123 cm³/mol. The summed E-state index contributed by atoms with van der Waals surface area (Å²) >= 11 is 0. The van der Waals surface area contributed by atoms with Gasteiger partial charge < -0.3 is 23.8 Å². The van der Waals surface area contributed by atoms with Crippen LogP contribution in [0.3, 0.4) is 0 Å². The minimum Gasteiger partial charge on any atom is -0.489 e. The van der Waals surface area contributed by atoms with E-state index >= 15 is 0 Å². The van der Waals surface area contributed by atoms with Crippen molar-refractivity contribution in [2.75, 3.05) is 13.2 Å². The predicted octanol–water partition coefficient (Wildman–Crippen LogP) is 5.40. The van der Waals surface area contributed by atoms with E-state index in [0.29, 0.717) is 18.9 Å². The molecule has 0 aliphatic carbocycles. The Hall–Kier alpha value is -2.24. The molecule has 2 aromatic rings. The highest BCUT2D eigenvalue weighted by molar-refractivity contribution is 7.60. The molecule has 0 saturated carbocycles. The Morgan fingerprint density at radius 3 is 2.39 bits per heavy atom. The molecule has 1 aromatic heterocycles. The lowest BCUT2D eigenvalue weighted by Gasteiger charge is -2.14. The monoisotopic (exact) mass is 556 g/mol. The largest absolute Gasteiger partial charge is 0.489 e. The van der Waals surface area contributed by atoms with Gasteiger partial charge in [-0.15, -0.1) is 0 Å². The van der Waals surface area contributed by atoms with Gasteiger partial charge in [-0.1, -0.05) is 17.7 Å². The van der Waals surface area contributed by atoms with E-state index < -0.39 is 39.6 Å². The fraction of sp³-hybridized carbons (Fsp3) is 0.381. The average Bonchev–Trinajstić information content (AvgIpc) is 2.70. The SMILES string of the molecule is C/C(=C\COP(=O)(O)OP(=O)(O)O)CC/C=C(\C)COc1ccc2c(C(F)(F)F)cc(=O)oc2c1C. The van der Waals surface area contributed by atoms with Gasteiger partial charge in [-0.2, -0.15) is 17.5 Å². The molecule has 10 nitrogen and oxygen atoms in total. The molecular weight excluding hydrogens is 531 g/mol. The minimum atomic E-state index is -5.18. The van der Waals surface area contributed by atoms with E-state index in [2.05, 4.69) is 8.83 Å². The van der Waals surface area contributed by atoms with E-state index in [1.807, 2.05) is 6.08 Å². The van der Waals surface area contributed by atoms with E-state index in [9.17, 15) is 32.0 Å². The molecule has 36 heavy (non-hydrogen) atoms. The van der Waals surface area contributed by atoms with Crippen LogP contribution in [-0.4, -0.2) is 27.9 Å². The lowest BCUT2D eigenvalue weighted by Crippen LogP contribution is -2.11. The molecule has 200 valence electrons. The number of ether oxygens (including phenoxy) is 1. The maximum absolute atomic E-state index is 13.3. The Kier molecular flexibility index (Phi) is 9.89. The van der Waals surface area contributed by atoms with E-state index in [1.54, 1.807) is 13.8 Å². The van der Waals surface area contributed by atoms with Crippen LogP contribution in [0.2, 0.25) is 0 Å². The zero-order valence-corrected chi connectivity index (χ0v) is 21.2. The van der Waals surface area contributed by atoms with Gasteiger partial charge in [-0.3, -0.25) is 4.52 Å². The normalized spacial score (nSPS) is 15.2. The molecule has 1 aromatic carbocycles. The van der Waals surface area contributed by atoms with Gasteiger partial charge in [0, 0.05) is 17.0 Å². The van der Waals surface area contributed by atoms with Crippen molar-refractivity contribution in [2.45, 2.75) is 39.8 Å². The standard InChI is InChI=1S/C21H25F3O10P2/c1-13(9-10-32-36(29,30)34-35(26,27)28)5-4-6-14(2)12-31-18-8-7-16-17(21(22,23)24)11-19(25)33-20(16)15(18)3/h6-9,11H,4-5,10,12H2,1-3H3,(H,29,30)(H2,26,27,28)/b13-9+,14-6+. The molecule has 0 aliphatic rings. The molecule has 0 spiro atoms. The molecule has 3 N–H and O–H groups in total. The Balaban J connectivity index is 1.96. The zero-order valence-electron chi connectivity index (χ0n) is 19.4. The third kappa shape index (κ3) is 9.33. The first-order chi connectivity index (χ1) is 16.5. The Morgan fingerprint density at radius 1 is 1.11 bits per heavy atom. The number of alkyl halides is 3. The van der Waals surface area contributed by atoms with Crippen molar-refractivity contribution in [1.82, 2.24) is 0 Å². The molecule has 0 saturated heterocycles. The summed E-state index contributed by atoms with van der Waals surface area (Å²) in [7, 11) is -10.1. The highest BCUT2D eigenvalue weighted by atomic mass is 31.3. The fourth-order valence-electron chi connectivity index (χ4n) is 3.06. The highest BCUT2D eigenvalue weighted by Gasteiger charge is 2.34. The quantitative estimate of drug-likeness (QED) is 0.186. The summed E-state index contributed by atoms with van der Waals surface area (Å²) in [5, 5.41) is -0.240. The Bertz CT molecular complexity index is 1310. The molecule has 1 unspecified atom stereocenters. The maximum atomic E-state index is 13.3. The lowest BCUT2D eigenvalue weighted by molar-refractivity contribution is -0.136. The van der Waals surface area contributed by atoms with E-state index in [0.717, 1.165) is 11.1 Å². The maximum Gasteiger partial charge on any atom is 0.481 e. The van der Waals surface area contributed by atoms with Crippen LogP contribution >= 0.6 is 15.6 Å². The molecule has 15 heteroatoms. The Labute approximate surface area is 203 Å². The van der Waals surface area contributed by atoms with Crippen LogP contribution < -0.4 is 10.4 Å². The lowest BCUT2D eigenvalue weighted by atomic mass is 10.1. The van der Waals surface area contributed by atoms with Gasteiger partial charge in [0.15, 0.2) is 0 Å². The summed E-state index contributed by atoms with van der Waals surface area (Å²) in [4.78, 5) is 37.9. The number of hydrogen-bond donors (Lipinski definition) is 3. The van der Waals surface area contributed by atoms with Crippen molar-refractivity contribution >= 4 is 26.6 Å². The molecule has 0 amide bonds. The molecule has 0 bridgehead atoms. The van der Waals surface area contributed by atoms with Gasteiger partial charge in [0.05, 0.1) is 12.2 Å². The third-order valence-electron chi connectivity index (χ3n) is 4.78. The van der Waals surface area contributed by atoms with E-state index in [1.165, 1.54) is 25.1 Å². The van der Waals surface area contributed by atoms with Gasteiger partial charge in [0.1, 0.15) is 17.9 Å². The fourth-order valence-corrected chi connectivity index (χ4v) is 4.59. The number of phosphoric ester groups is 1. The highest BCUT2D eigenvalue weighted by Crippen LogP contribution is 2.57. The van der Waals surface area contributed by atoms with Crippen LogP contribution in [0.5, 0.6) is 5.75 Å². The van der Waals surface area contributed by atoms with Gasteiger partial charge >= 0.3 is 27.4 Å². The van der Waals surface area contributed by atoms with E-state index in [-0.39, 0.29) is 28.9 Å². The van der Waals surface area contributed by atoms with Crippen molar-refractivity contribution in [3.8, 4) is 5.75 Å². The second-order valence-electron chi connectivity index (χ2n) is 7.81. The van der Waals surface area contributed by atoms with Gasteiger partial charge in [-0.05, 0) is 51.3 Å². The van der Waals surface area contributed by atoms with Gasteiger partial charge in [-0.25, -0.2) is 13.9 Å². The molecule has 0 aliphatic heterocycles.